The van der Waals surface area contributed by atoms with E-state index < -0.39 is 0 Å². The Bertz CT molecular complexity index is 545. The first kappa shape index (κ1) is 12.4. The molecule has 0 aromatic carbocycles. The van der Waals surface area contributed by atoms with Crippen LogP contribution >= 0.6 is 0 Å². The second kappa shape index (κ2) is 5.57. The summed E-state index contributed by atoms with van der Waals surface area (Å²) in [7, 11) is 1.68. The first-order chi connectivity index (χ1) is 9.36. The van der Waals surface area contributed by atoms with Crippen LogP contribution in [0.1, 0.15) is 25.1 Å². The minimum atomic E-state index is 0.839. The van der Waals surface area contributed by atoms with E-state index in [4.69, 9.17) is 4.74 Å². The molecular weight excluding hydrogens is 240 g/mol. The Hall–Kier alpha value is -1.62. The van der Waals surface area contributed by atoms with Gasteiger partial charge in [0.05, 0.1) is 13.3 Å². The molecule has 0 unspecified atom stereocenters. The van der Waals surface area contributed by atoms with Crippen molar-refractivity contribution in [3.63, 3.8) is 0 Å². The topological polar surface area (TPSA) is 42.7 Å². The van der Waals surface area contributed by atoms with Crippen LogP contribution in [0, 0.1) is 0 Å². The predicted molar refractivity (Wildman–Crippen MR) is 73.5 cm³/mol. The molecule has 5 heteroatoms. The van der Waals surface area contributed by atoms with Gasteiger partial charge in [-0.05, 0) is 38.1 Å². The van der Waals surface area contributed by atoms with Gasteiger partial charge in [-0.15, -0.1) is 10.2 Å². The molecule has 1 saturated heterocycles. The summed E-state index contributed by atoms with van der Waals surface area (Å²) in [6.07, 6.45) is 6.93. The van der Waals surface area contributed by atoms with Crippen molar-refractivity contribution in [1.29, 1.82) is 0 Å². The molecule has 3 rings (SSSR count). The predicted octanol–water partition coefficient (Wildman–Crippen LogP) is 1.77. The summed E-state index contributed by atoms with van der Waals surface area (Å²) in [4.78, 5) is 2.52. The van der Waals surface area contributed by atoms with Crippen molar-refractivity contribution in [3.05, 3.63) is 24.2 Å². The minimum Gasteiger partial charge on any atom is -0.495 e. The summed E-state index contributed by atoms with van der Waals surface area (Å²) >= 11 is 0. The van der Waals surface area contributed by atoms with E-state index in [0.29, 0.717) is 0 Å². The van der Waals surface area contributed by atoms with Gasteiger partial charge in [0.25, 0.3) is 0 Å². The fourth-order valence-corrected chi connectivity index (χ4v) is 2.65. The number of likely N-dealkylation sites (tertiary alicyclic amines) is 1. The summed E-state index contributed by atoms with van der Waals surface area (Å²) in [6, 6.07) is 3.86. The Balaban J connectivity index is 1.72. The normalized spacial score (nSPS) is 16.9. The highest BCUT2D eigenvalue weighted by molar-refractivity contribution is 5.41. The number of ether oxygens (including phenoxy) is 1. The quantitative estimate of drug-likeness (QED) is 0.840. The number of hydrogen-bond acceptors (Lipinski definition) is 4. The number of pyridine rings is 1. The number of rotatable bonds is 4. The van der Waals surface area contributed by atoms with E-state index in [9.17, 15) is 0 Å². The Kier molecular flexibility index (Phi) is 3.64. The van der Waals surface area contributed by atoms with Crippen LogP contribution in [0.25, 0.3) is 5.65 Å². The minimum absolute atomic E-state index is 0.839. The highest BCUT2D eigenvalue weighted by Crippen LogP contribution is 2.14. The lowest BCUT2D eigenvalue weighted by molar-refractivity contribution is 0.230. The molecule has 0 aliphatic carbocycles. The van der Waals surface area contributed by atoms with Gasteiger partial charge in [-0.3, -0.25) is 4.40 Å². The zero-order chi connectivity index (χ0) is 13.1. The van der Waals surface area contributed by atoms with Gasteiger partial charge in [0, 0.05) is 13.0 Å². The average molecular weight is 260 g/mol. The van der Waals surface area contributed by atoms with Gasteiger partial charge < -0.3 is 9.64 Å². The third-order valence-electron chi connectivity index (χ3n) is 3.78. The summed E-state index contributed by atoms with van der Waals surface area (Å²) < 4.78 is 7.28. The van der Waals surface area contributed by atoms with E-state index in [1.807, 2.05) is 22.7 Å². The number of hydrogen-bond donors (Lipinski definition) is 0. The molecule has 2 aromatic rings. The van der Waals surface area contributed by atoms with Crippen LogP contribution in [0.5, 0.6) is 5.75 Å². The Labute approximate surface area is 113 Å². The SMILES string of the molecule is COc1ccc2nnc(CCN3CCCCC3)n2c1. The maximum atomic E-state index is 5.25. The number of piperidine rings is 1. The smallest absolute Gasteiger partial charge is 0.161 e. The summed E-state index contributed by atoms with van der Waals surface area (Å²) in [5, 5.41) is 8.48. The monoisotopic (exact) mass is 260 g/mol. The molecule has 3 heterocycles. The van der Waals surface area contributed by atoms with Crippen LogP contribution in [-0.2, 0) is 6.42 Å². The van der Waals surface area contributed by atoms with Crippen LogP contribution in [0.15, 0.2) is 18.3 Å². The molecule has 5 nitrogen and oxygen atoms in total. The van der Waals surface area contributed by atoms with E-state index in [1.54, 1.807) is 7.11 Å². The first-order valence-electron chi connectivity index (χ1n) is 6.97. The molecular formula is C14H20N4O. The number of methoxy groups -OCH3 is 1. The van der Waals surface area contributed by atoms with Gasteiger partial charge in [0.2, 0.25) is 0 Å². The van der Waals surface area contributed by atoms with Crippen LogP contribution in [-0.4, -0.2) is 46.2 Å². The first-order valence-corrected chi connectivity index (χ1v) is 6.97. The van der Waals surface area contributed by atoms with Crippen LogP contribution in [0.2, 0.25) is 0 Å². The molecule has 0 spiro atoms. The molecule has 0 amide bonds. The lowest BCUT2D eigenvalue weighted by Crippen LogP contribution is -2.31. The molecule has 0 saturated carbocycles. The van der Waals surface area contributed by atoms with Crippen LogP contribution in [0.3, 0.4) is 0 Å². The fraction of sp³-hybridized carbons (Fsp3) is 0.571. The highest BCUT2D eigenvalue weighted by atomic mass is 16.5. The zero-order valence-electron chi connectivity index (χ0n) is 11.4. The molecule has 19 heavy (non-hydrogen) atoms. The lowest BCUT2D eigenvalue weighted by Gasteiger charge is -2.25. The van der Waals surface area contributed by atoms with E-state index in [0.717, 1.165) is 30.2 Å². The van der Waals surface area contributed by atoms with Crippen molar-refractivity contribution in [2.45, 2.75) is 25.7 Å². The number of nitrogens with zero attached hydrogens (tertiary/aromatic N) is 4. The van der Waals surface area contributed by atoms with Crippen molar-refractivity contribution in [1.82, 2.24) is 19.5 Å². The maximum absolute atomic E-state index is 5.25. The molecule has 1 fully saturated rings. The van der Waals surface area contributed by atoms with Crippen LogP contribution < -0.4 is 4.74 Å². The molecule has 2 aromatic heterocycles. The molecule has 102 valence electrons. The van der Waals surface area contributed by atoms with Gasteiger partial charge in [-0.25, -0.2) is 0 Å². The van der Waals surface area contributed by atoms with Crippen molar-refractivity contribution in [3.8, 4) is 5.75 Å². The van der Waals surface area contributed by atoms with Gasteiger partial charge in [0.15, 0.2) is 5.65 Å². The largest absolute Gasteiger partial charge is 0.495 e. The Morgan fingerprint density at radius 3 is 2.79 bits per heavy atom. The fourth-order valence-electron chi connectivity index (χ4n) is 2.65. The molecule has 0 atom stereocenters. The Morgan fingerprint density at radius 1 is 1.16 bits per heavy atom. The zero-order valence-corrected chi connectivity index (χ0v) is 11.4. The van der Waals surface area contributed by atoms with Crippen molar-refractivity contribution in [2.75, 3.05) is 26.7 Å². The second-order valence-corrected chi connectivity index (χ2v) is 5.07. The maximum Gasteiger partial charge on any atom is 0.161 e. The second-order valence-electron chi connectivity index (χ2n) is 5.07. The molecule has 0 bridgehead atoms. The van der Waals surface area contributed by atoms with Gasteiger partial charge in [0.1, 0.15) is 11.6 Å². The van der Waals surface area contributed by atoms with E-state index in [1.165, 1.54) is 32.4 Å². The standard InChI is InChI=1S/C14H20N4O/c1-19-12-5-6-13-15-16-14(18(13)11-12)7-10-17-8-3-2-4-9-17/h5-6,11H,2-4,7-10H2,1H3. The third kappa shape index (κ3) is 2.71. The molecule has 0 N–H and O–H groups in total. The van der Waals surface area contributed by atoms with E-state index >= 15 is 0 Å². The number of fused-ring (bicyclic) bond motifs is 1. The number of aromatic nitrogens is 3. The van der Waals surface area contributed by atoms with Gasteiger partial charge in [-0.1, -0.05) is 6.42 Å². The highest BCUT2D eigenvalue weighted by Gasteiger charge is 2.12. The van der Waals surface area contributed by atoms with Crippen LogP contribution in [0.4, 0.5) is 0 Å². The van der Waals surface area contributed by atoms with Crippen molar-refractivity contribution >= 4 is 5.65 Å². The Morgan fingerprint density at radius 2 is 2.00 bits per heavy atom. The molecule has 1 aliphatic heterocycles. The molecule has 0 radical (unpaired) electrons. The average Bonchev–Trinajstić information content (AvgIpc) is 2.88. The summed E-state index contributed by atoms with van der Waals surface area (Å²) in [5.41, 5.74) is 0.884. The molecule has 1 aliphatic rings. The van der Waals surface area contributed by atoms with Gasteiger partial charge >= 0.3 is 0 Å². The van der Waals surface area contributed by atoms with Crippen molar-refractivity contribution in [2.24, 2.45) is 0 Å². The summed E-state index contributed by atoms with van der Waals surface area (Å²) in [6.45, 7) is 3.51. The van der Waals surface area contributed by atoms with Gasteiger partial charge in [-0.2, -0.15) is 0 Å². The van der Waals surface area contributed by atoms with Crippen molar-refractivity contribution < 1.29 is 4.74 Å². The third-order valence-corrected chi connectivity index (χ3v) is 3.78. The van der Waals surface area contributed by atoms with E-state index in [2.05, 4.69) is 15.1 Å². The van der Waals surface area contributed by atoms with E-state index in [-0.39, 0.29) is 0 Å². The summed E-state index contributed by atoms with van der Waals surface area (Å²) in [5.74, 6) is 1.85. The lowest BCUT2D eigenvalue weighted by atomic mass is 10.1.